The van der Waals surface area contributed by atoms with Gasteiger partial charge in [0.25, 0.3) is 5.91 Å². The van der Waals surface area contributed by atoms with Crippen LogP contribution in [0, 0.1) is 0 Å². The van der Waals surface area contributed by atoms with Gasteiger partial charge in [0.05, 0.1) is 12.1 Å². The summed E-state index contributed by atoms with van der Waals surface area (Å²) in [6.07, 6.45) is 2.20. The highest BCUT2D eigenvalue weighted by Gasteiger charge is 2.26. The molecule has 1 saturated heterocycles. The number of carbonyl (C=O) groups is 1. The van der Waals surface area contributed by atoms with Crippen LogP contribution in [0.1, 0.15) is 23.2 Å². The quantitative estimate of drug-likeness (QED) is 0.847. The predicted octanol–water partition coefficient (Wildman–Crippen LogP) is 3.20. The topological polar surface area (TPSA) is 42.0 Å². The Hall–Kier alpha value is -2.69. The first-order valence-corrected chi connectivity index (χ1v) is 9.20. The van der Waals surface area contributed by atoms with Crippen LogP contribution in [-0.2, 0) is 0 Å². The fourth-order valence-electron chi connectivity index (χ4n) is 3.64. The lowest BCUT2D eigenvalue weighted by Crippen LogP contribution is -2.42. The smallest absolute Gasteiger partial charge is 0.255 e. The second-order valence-corrected chi connectivity index (χ2v) is 6.89. The van der Waals surface area contributed by atoms with Crippen LogP contribution < -0.4 is 14.4 Å². The Morgan fingerprint density at radius 2 is 1.77 bits per heavy atom. The maximum absolute atomic E-state index is 13.0. The maximum Gasteiger partial charge on any atom is 0.255 e. The molecule has 0 saturated carbocycles. The molecule has 2 aromatic carbocycles. The molecule has 4 rings (SSSR count). The molecule has 0 unspecified atom stereocenters. The standard InChI is InChI=1S/C21H24N2O3/c1-22(14-16-15-25-19-10-4-5-11-20(19)26-16)21(24)17-8-2-3-9-18(17)23-12-6-7-13-23/h2-5,8-11,16H,6-7,12-15H2,1H3/t16-/m1/s1. The second-order valence-electron chi connectivity index (χ2n) is 6.89. The molecule has 0 aliphatic carbocycles. The van der Waals surface area contributed by atoms with Crippen LogP contribution in [0.15, 0.2) is 48.5 Å². The molecule has 1 fully saturated rings. The van der Waals surface area contributed by atoms with Crippen molar-refractivity contribution in [3.05, 3.63) is 54.1 Å². The molecule has 0 N–H and O–H groups in total. The van der Waals surface area contributed by atoms with Gasteiger partial charge in [0, 0.05) is 25.8 Å². The Morgan fingerprint density at radius 1 is 1.08 bits per heavy atom. The predicted molar refractivity (Wildman–Crippen MR) is 101 cm³/mol. The Morgan fingerprint density at radius 3 is 2.58 bits per heavy atom. The summed E-state index contributed by atoms with van der Waals surface area (Å²) in [6, 6.07) is 15.5. The van der Waals surface area contributed by atoms with Gasteiger partial charge in [-0.15, -0.1) is 0 Å². The molecule has 136 valence electrons. The summed E-state index contributed by atoms with van der Waals surface area (Å²) in [5, 5.41) is 0. The van der Waals surface area contributed by atoms with E-state index in [0.29, 0.717) is 13.2 Å². The van der Waals surface area contributed by atoms with E-state index in [2.05, 4.69) is 4.90 Å². The number of fused-ring (bicyclic) bond motifs is 1. The minimum Gasteiger partial charge on any atom is -0.486 e. The summed E-state index contributed by atoms with van der Waals surface area (Å²) in [5.74, 6) is 1.52. The van der Waals surface area contributed by atoms with E-state index >= 15 is 0 Å². The van der Waals surface area contributed by atoms with Crippen molar-refractivity contribution in [2.45, 2.75) is 18.9 Å². The van der Waals surface area contributed by atoms with Crippen molar-refractivity contribution in [1.29, 1.82) is 0 Å². The second kappa shape index (κ2) is 7.28. The van der Waals surface area contributed by atoms with Crippen LogP contribution >= 0.6 is 0 Å². The highest BCUT2D eigenvalue weighted by atomic mass is 16.6. The van der Waals surface area contributed by atoms with Gasteiger partial charge in [0.2, 0.25) is 0 Å². The Labute approximate surface area is 154 Å². The first-order chi connectivity index (χ1) is 12.7. The van der Waals surface area contributed by atoms with Gasteiger partial charge < -0.3 is 19.3 Å². The lowest BCUT2D eigenvalue weighted by molar-refractivity contribution is 0.0521. The zero-order valence-electron chi connectivity index (χ0n) is 15.1. The van der Waals surface area contributed by atoms with Gasteiger partial charge in [0.15, 0.2) is 17.6 Å². The first kappa shape index (κ1) is 16.8. The molecule has 0 bridgehead atoms. The van der Waals surface area contributed by atoms with Gasteiger partial charge in [-0.1, -0.05) is 24.3 Å². The monoisotopic (exact) mass is 352 g/mol. The van der Waals surface area contributed by atoms with E-state index in [0.717, 1.165) is 35.8 Å². The van der Waals surface area contributed by atoms with E-state index in [4.69, 9.17) is 9.47 Å². The van der Waals surface area contributed by atoms with Crippen molar-refractivity contribution in [2.24, 2.45) is 0 Å². The van der Waals surface area contributed by atoms with Crippen LogP contribution in [0.25, 0.3) is 0 Å². The number of carbonyl (C=O) groups excluding carboxylic acids is 1. The summed E-state index contributed by atoms with van der Waals surface area (Å²) >= 11 is 0. The molecule has 2 heterocycles. The van der Waals surface area contributed by atoms with Crippen LogP contribution in [0.3, 0.4) is 0 Å². The molecule has 0 radical (unpaired) electrons. The SMILES string of the molecule is CN(C[C@@H]1COc2ccccc2O1)C(=O)c1ccccc1N1CCCC1. The van der Waals surface area contributed by atoms with E-state index in [1.54, 1.807) is 4.90 Å². The van der Waals surface area contributed by atoms with Gasteiger partial charge >= 0.3 is 0 Å². The fourth-order valence-corrected chi connectivity index (χ4v) is 3.64. The third-order valence-electron chi connectivity index (χ3n) is 4.97. The maximum atomic E-state index is 13.0. The fraction of sp³-hybridized carbons (Fsp3) is 0.381. The summed E-state index contributed by atoms with van der Waals surface area (Å²) < 4.78 is 11.7. The van der Waals surface area contributed by atoms with E-state index in [1.807, 2.05) is 55.6 Å². The van der Waals surface area contributed by atoms with Crippen molar-refractivity contribution >= 4 is 11.6 Å². The number of anilines is 1. The van der Waals surface area contributed by atoms with Gasteiger partial charge in [-0.05, 0) is 37.1 Å². The number of ether oxygens (including phenoxy) is 2. The number of hydrogen-bond acceptors (Lipinski definition) is 4. The van der Waals surface area contributed by atoms with Crippen molar-refractivity contribution in [3.63, 3.8) is 0 Å². The van der Waals surface area contributed by atoms with E-state index < -0.39 is 0 Å². The van der Waals surface area contributed by atoms with Crippen molar-refractivity contribution in [2.75, 3.05) is 38.2 Å². The molecule has 0 spiro atoms. The molecule has 2 aliphatic rings. The van der Waals surface area contributed by atoms with Crippen LogP contribution in [0.5, 0.6) is 11.5 Å². The number of benzene rings is 2. The Kier molecular flexibility index (Phi) is 4.69. The lowest BCUT2D eigenvalue weighted by Gasteiger charge is -2.30. The first-order valence-electron chi connectivity index (χ1n) is 9.20. The number of hydrogen-bond donors (Lipinski definition) is 0. The largest absolute Gasteiger partial charge is 0.486 e. The average Bonchev–Trinajstić information content (AvgIpc) is 3.22. The highest BCUT2D eigenvalue weighted by molar-refractivity contribution is 5.99. The van der Waals surface area contributed by atoms with Gasteiger partial charge in [-0.2, -0.15) is 0 Å². The van der Waals surface area contributed by atoms with Gasteiger partial charge in [0.1, 0.15) is 6.61 Å². The summed E-state index contributed by atoms with van der Waals surface area (Å²) in [5.41, 5.74) is 1.79. The van der Waals surface area contributed by atoms with Crippen LogP contribution in [-0.4, -0.2) is 50.2 Å². The molecule has 5 nitrogen and oxygen atoms in total. The molecule has 1 amide bonds. The molecule has 2 aliphatic heterocycles. The minimum absolute atomic E-state index is 0.0231. The molecule has 0 aromatic heterocycles. The summed E-state index contributed by atoms with van der Waals surface area (Å²) in [4.78, 5) is 17.1. The number of rotatable bonds is 4. The number of para-hydroxylation sites is 3. The van der Waals surface area contributed by atoms with E-state index in [1.165, 1.54) is 12.8 Å². The number of likely N-dealkylation sites (N-methyl/N-ethyl adjacent to an activating group) is 1. The Bertz CT molecular complexity index is 786. The van der Waals surface area contributed by atoms with Gasteiger partial charge in [-0.3, -0.25) is 4.79 Å². The normalized spacial score (nSPS) is 18.7. The van der Waals surface area contributed by atoms with Crippen LogP contribution in [0.4, 0.5) is 5.69 Å². The van der Waals surface area contributed by atoms with Crippen LogP contribution in [0.2, 0.25) is 0 Å². The van der Waals surface area contributed by atoms with Crippen molar-refractivity contribution < 1.29 is 14.3 Å². The van der Waals surface area contributed by atoms with E-state index in [9.17, 15) is 4.79 Å². The molecule has 2 aromatic rings. The molecule has 5 heteroatoms. The van der Waals surface area contributed by atoms with Crippen molar-refractivity contribution in [1.82, 2.24) is 4.90 Å². The minimum atomic E-state index is -0.169. The zero-order chi connectivity index (χ0) is 17.9. The third kappa shape index (κ3) is 3.34. The van der Waals surface area contributed by atoms with Crippen molar-refractivity contribution in [3.8, 4) is 11.5 Å². The van der Waals surface area contributed by atoms with E-state index in [-0.39, 0.29) is 12.0 Å². The number of nitrogens with zero attached hydrogens (tertiary/aromatic N) is 2. The zero-order valence-corrected chi connectivity index (χ0v) is 15.1. The Balaban J connectivity index is 1.46. The highest BCUT2D eigenvalue weighted by Crippen LogP contribution is 2.31. The molecular formula is C21H24N2O3. The molecule has 1 atom stereocenters. The third-order valence-corrected chi connectivity index (χ3v) is 4.97. The number of amides is 1. The summed E-state index contributed by atoms with van der Waals surface area (Å²) in [7, 11) is 1.83. The molecular weight excluding hydrogens is 328 g/mol. The lowest BCUT2D eigenvalue weighted by atomic mass is 10.1. The average molecular weight is 352 g/mol. The molecule has 26 heavy (non-hydrogen) atoms. The van der Waals surface area contributed by atoms with Gasteiger partial charge in [-0.25, -0.2) is 0 Å². The summed E-state index contributed by atoms with van der Waals surface area (Å²) in [6.45, 7) is 2.97.